The molecule has 1 aliphatic carbocycles. The summed E-state index contributed by atoms with van der Waals surface area (Å²) in [7, 11) is 2.24. The Morgan fingerprint density at radius 1 is 1.33 bits per heavy atom. The van der Waals surface area contributed by atoms with Crippen LogP contribution in [0, 0.1) is 0 Å². The van der Waals surface area contributed by atoms with E-state index in [0.717, 1.165) is 38.8 Å². The lowest BCUT2D eigenvalue weighted by atomic mass is 9.92. The summed E-state index contributed by atoms with van der Waals surface area (Å²) in [6.45, 7) is 7.14. The highest BCUT2D eigenvalue weighted by atomic mass is 16.5. The fourth-order valence-electron chi connectivity index (χ4n) is 1.83. The van der Waals surface area contributed by atoms with Gasteiger partial charge in [-0.3, -0.25) is 0 Å². The molecule has 0 atom stereocenters. The van der Waals surface area contributed by atoms with Crippen molar-refractivity contribution in [2.45, 2.75) is 38.6 Å². The molecule has 0 spiro atoms. The number of hydrogen-bond donors (Lipinski definition) is 1. The molecule has 0 saturated heterocycles. The van der Waals surface area contributed by atoms with Gasteiger partial charge in [-0.1, -0.05) is 6.42 Å². The molecule has 3 heteroatoms. The molecule has 3 nitrogen and oxygen atoms in total. The van der Waals surface area contributed by atoms with E-state index in [2.05, 4.69) is 17.3 Å². The van der Waals surface area contributed by atoms with Crippen LogP contribution in [0.1, 0.15) is 32.6 Å². The van der Waals surface area contributed by atoms with Crippen LogP contribution in [-0.4, -0.2) is 50.8 Å². The summed E-state index contributed by atoms with van der Waals surface area (Å²) in [6.07, 6.45) is 5.36. The van der Waals surface area contributed by atoms with E-state index in [4.69, 9.17) is 4.74 Å². The molecule has 15 heavy (non-hydrogen) atoms. The molecule has 0 radical (unpaired) electrons. The van der Waals surface area contributed by atoms with Crippen molar-refractivity contribution in [2.24, 2.45) is 0 Å². The molecule has 90 valence electrons. The molecule has 0 unspecified atom stereocenters. The van der Waals surface area contributed by atoms with Gasteiger partial charge < -0.3 is 15.0 Å². The van der Waals surface area contributed by atoms with Gasteiger partial charge >= 0.3 is 0 Å². The van der Waals surface area contributed by atoms with E-state index in [9.17, 15) is 0 Å². The van der Waals surface area contributed by atoms with E-state index >= 15 is 0 Å². The van der Waals surface area contributed by atoms with Gasteiger partial charge in [-0.15, -0.1) is 0 Å². The second-order valence-corrected chi connectivity index (χ2v) is 4.37. The van der Waals surface area contributed by atoms with Crippen LogP contribution in [0.15, 0.2) is 0 Å². The van der Waals surface area contributed by atoms with Crippen LogP contribution >= 0.6 is 0 Å². The Labute approximate surface area is 94.2 Å². The Morgan fingerprint density at radius 2 is 2.13 bits per heavy atom. The quantitative estimate of drug-likeness (QED) is 0.589. The third-order valence-corrected chi connectivity index (χ3v) is 3.19. The summed E-state index contributed by atoms with van der Waals surface area (Å²) in [5.74, 6) is 0. The minimum absolute atomic E-state index is 0.838. The predicted octanol–water partition coefficient (Wildman–Crippen LogP) is 1.49. The Kier molecular flexibility index (Phi) is 6.98. The Morgan fingerprint density at radius 3 is 2.73 bits per heavy atom. The number of rotatable bonds is 9. The molecular weight excluding hydrogens is 188 g/mol. The smallest absolute Gasteiger partial charge is 0.0477 e. The van der Waals surface area contributed by atoms with Gasteiger partial charge in [-0.2, -0.15) is 0 Å². The summed E-state index contributed by atoms with van der Waals surface area (Å²) in [6, 6.07) is 0.871. The van der Waals surface area contributed by atoms with E-state index in [-0.39, 0.29) is 0 Å². The zero-order valence-electron chi connectivity index (χ0n) is 10.3. The van der Waals surface area contributed by atoms with Crippen LogP contribution in [0.4, 0.5) is 0 Å². The Hall–Kier alpha value is -0.120. The van der Waals surface area contributed by atoms with Crippen molar-refractivity contribution >= 4 is 0 Å². The maximum Gasteiger partial charge on any atom is 0.0477 e. The van der Waals surface area contributed by atoms with Crippen molar-refractivity contribution in [3.05, 3.63) is 0 Å². The number of ether oxygens (including phenoxy) is 1. The summed E-state index contributed by atoms with van der Waals surface area (Å²) >= 11 is 0. The molecule has 0 aliphatic heterocycles. The van der Waals surface area contributed by atoms with Crippen LogP contribution < -0.4 is 5.32 Å². The van der Waals surface area contributed by atoms with Gasteiger partial charge in [-0.05, 0) is 39.8 Å². The summed E-state index contributed by atoms with van der Waals surface area (Å²) in [5, 5.41) is 3.46. The van der Waals surface area contributed by atoms with Crippen LogP contribution in [-0.2, 0) is 4.74 Å². The fraction of sp³-hybridized carbons (Fsp3) is 1.00. The average molecular weight is 214 g/mol. The molecule has 0 aromatic rings. The molecule has 1 rings (SSSR count). The lowest BCUT2D eigenvalue weighted by molar-refractivity contribution is 0.142. The summed E-state index contributed by atoms with van der Waals surface area (Å²) < 4.78 is 5.28. The first kappa shape index (κ1) is 12.9. The van der Waals surface area contributed by atoms with Crippen molar-refractivity contribution < 1.29 is 4.74 Å². The van der Waals surface area contributed by atoms with Crippen molar-refractivity contribution in [1.82, 2.24) is 10.2 Å². The molecular formula is C12H26N2O. The van der Waals surface area contributed by atoms with E-state index in [1.54, 1.807) is 0 Å². The summed E-state index contributed by atoms with van der Waals surface area (Å²) in [5.41, 5.74) is 0. The normalized spacial score (nSPS) is 17.0. The SMILES string of the molecule is CCOCCCNCCN(C)C1CCC1. The van der Waals surface area contributed by atoms with Gasteiger partial charge in [0.15, 0.2) is 0 Å². The van der Waals surface area contributed by atoms with Crippen molar-refractivity contribution in [1.29, 1.82) is 0 Å². The number of nitrogens with zero attached hydrogens (tertiary/aromatic N) is 1. The molecule has 0 aromatic heterocycles. The van der Waals surface area contributed by atoms with Gasteiger partial charge in [0.2, 0.25) is 0 Å². The third-order valence-electron chi connectivity index (χ3n) is 3.19. The standard InChI is InChI=1S/C12H26N2O/c1-3-15-11-5-8-13-9-10-14(2)12-6-4-7-12/h12-13H,3-11H2,1-2H3. The second kappa shape index (κ2) is 8.08. The van der Waals surface area contributed by atoms with Gasteiger partial charge in [0.25, 0.3) is 0 Å². The van der Waals surface area contributed by atoms with Crippen LogP contribution in [0.3, 0.4) is 0 Å². The molecule has 0 amide bonds. The third kappa shape index (κ3) is 5.50. The maximum atomic E-state index is 5.28. The first-order valence-electron chi connectivity index (χ1n) is 6.33. The monoisotopic (exact) mass is 214 g/mol. The van der Waals surface area contributed by atoms with E-state index < -0.39 is 0 Å². The Bertz CT molecular complexity index is 149. The molecule has 1 aliphatic rings. The lowest BCUT2D eigenvalue weighted by Gasteiger charge is -2.34. The number of likely N-dealkylation sites (N-methyl/N-ethyl adjacent to an activating group) is 1. The minimum atomic E-state index is 0.838. The molecule has 1 saturated carbocycles. The predicted molar refractivity (Wildman–Crippen MR) is 64.2 cm³/mol. The average Bonchev–Trinajstić information content (AvgIpc) is 2.14. The number of nitrogens with one attached hydrogen (secondary N) is 1. The molecule has 0 bridgehead atoms. The molecule has 0 aromatic carbocycles. The number of hydrogen-bond acceptors (Lipinski definition) is 3. The first-order valence-corrected chi connectivity index (χ1v) is 6.33. The van der Waals surface area contributed by atoms with Gasteiger partial charge in [0.05, 0.1) is 0 Å². The highest BCUT2D eigenvalue weighted by molar-refractivity contribution is 4.77. The van der Waals surface area contributed by atoms with Gasteiger partial charge in [0, 0.05) is 32.3 Å². The largest absolute Gasteiger partial charge is 0.382 e. The Balaban J connectivity index is 1.79. The second-order valence-electron chi connectivity index (χ2n) is 4.37. The molecule has 1 N–H and O–H groups in total. The minimum Gasteiger partial charge on any atom is -0.382 e. The highest BCUT2D eigenvalue weighted by Crippen LogP contribution is 2.22. The van der Waals surface area contributed by atoms with Crippen LogP contribution in [0.25, 0.3) is 0 Å². The van der Waals surface area contributed by atoms with E-state index in [0.29, 0.717) is 0 Å². The van der Waals surface area contributed by atoms with Crippen molar-refractivity contribution in [3.63, 3.8) is 0 Å². The summed E-state index contributed by atoms with van der Waals surface area (Å²) in [4.78, 5) is 2.49. The highest BCUT2D eigenvalue weighted by Gasteiger charge is 2.20. The fourth-order valence-corrected chi connectivity index (χ4v) is 1.83. The zero-order valence-corrected chi connectivity index (χ0v) is 10.3. The first-order chi connectivity index (χ1) is 7.34. The van der Waals surface area contributed by atoms with E-state index in [1.807, 2.05) is 6.92 Å². The van der Waals surface area contributed by atoms with Crippen molar-refractivity contribution in [2.75, 3.05) is 39.9 Å². The topological polar surface area (TPSA) is 24.5 Å². The van der Waals surface area contributed by atoms with Crippen LogP contribution in [0.2, 0.25) is 0 Å². The maximum absolute atomic E-state index is 5.28. The van der Waals surface area contributed by atoms with Crippen LogP contribution in [0.5, 0.6) is 0 Å². The van der Waals surface area contributed by atoms with E-state index in [1.165, 1.54) is 25.8 Å². The van der Waals surface area contributed by atoms with Gasteiger partial charge in [-0.25, -0.2) is 0 Å². The van der Waals surface area contributed by atoms with Gasteiger partial charge in [0.1, 0.15) is 0 Å². The zero-order chi connectivity index (χ0) is 10.9. The molecule has 1 fully saturated rings. The van der Waals surface area contributed by atoms with Crippen molar-refractivity contribution in [3.8, 4) is 0 Å². The molecule has 0 heterocycles. The lowest BCUT2D eigenvalue weighted by Crippen LogP contribution is -2.41.